The number of anilines is 1. The molecule has 1 amide bonds. The molecule has 0 radical (unpaired) electrons. The molecule has 0 bridgehead atoms. The molecule has 3 rings (SSSR count). The molecule has 0 spiro atoms. The second-order valence-corrected chi connectivity index (χ2v) is 6.27. The number of aryl methyl sites for hydroxylation is 1. The number of furan rings is 1. The molecule has 0 saturated heterocycles. The number of hydrogen-bond donors (Lipinski definition) is 2. The molecule has 5 nitrogen and oxygen atoms in total. The van der Waals surface area contributed by atoms with E-state index in [1.54, 1.807) is 37.3 Å². The van der Waals surface area contributed by atoms with Gasteiger partial charge in [0.25, 0.3) is 5.91 Å². The quantitative estimate of drug-likeness (QED) is 0.665. The third-order valence-corrected chi connectivity index (χ3v) is 4.51. The molecule has 26 heavy (non-hydrogen) atoms. The van der Waals surface area contributed by atoms with E-state index in [2.05, 4.69) is 5.32 Å². The van der Waals surface area contributed by atoms with Gasteiger partial charge in [-0.2, -0.15) is 0 Å². The minimum absolute atomic E-state index is 0.122. The number of aromatic carboxylic acids is 1. The van der Waals surface area contributed by atoms with Crippen LogP contribution < -0.4 is 5.32 Å². The molecular weight excluding hydrogens is 354 g/mol. The van der Waals surface area contributed by atoms with Crippen LogP contribution in [-0.4, -0.2) is 17.0 Å². The lowest BCUT2D eigenvalue weighted by molar-refractivity contribution is 0.0695. The number of amides is 1. The fraction of sp³-hybridized carbons (Fsp3) is 0.100. The fourth-order valence-corrected chi connectivity index (χ4v) is 2.73. The fourth-order valence-electron chi connectivity index (χ4n) is 2.55. The van der Waals surface area contributed by atoms with Gasteiger partial charge >= 0.3 is 5.97 Å². The Labute approximate surface area is 155 Å². The Kier molecular flexibility index (Phi) is 4.82. The van der Waals surface area contributed by atoms with Crippen LogP contribution in [-0.2, 0) is 0 Å². The van der Waals surface area contributed by atoms with Crippen LogP contribution in [0.2, 0.25) is 5.02 Å². The summed E-state index contributed by atoms with van der Waals surface area (Å²) < 4.78 is 5.63. The zero-order valence-corrected chi connectivity index (χ0v) is 14.9. The summed E-state index contributed by atoms with van der Waals surface area (Å²) in [6.45, 7) is 3.54. The van der Waals surface area contributed by atoms with Crippen LogP contribution in [0.15, 0.2) is 52.9 Å². The smallest absolute Gasteiger partial charge is 0.336 e. The summed E-state index contributed by atoms with van der Waals surface area (Å²) >= 11 is 6.13. The third kappa shape index (κ3) is 3.48. The number of hydrogen-bond acceptors (Lipinski definition) is 3. The third-order valence-electron chi connectivity index (χ3n) is 4.10. The van der Waals surface area contributed by atoms with Gasteiger partial charge in [0.1, 0.15) is 5.76 Å². The number of carboxylic acid groups (broad SMARTS) is 1. The van der Waals surface area contributed by atoms with E-state index in [1.807, 2.05) is 19.1 Å². The molecule has 0 saturated carbocycles. The molecule has 0 unspecified atom stereocenters. The minimum atomic E-state index is -1.05. The van der Waals surface area contributed by atoms with E-state index in [9.17, 15) is 14.7 Å². The highest BCUT2D eigenvalue weighted by Gasteiger charge is 2.16. The molecule has 2 N–H and O–H groups in total. The van der Waals surface area contributed by atoms with E-state index in [1.165, 1.54) is 6.07 Å². The maximum atomic E-state index is 12.4. The molecule has 3 aromatic rings. The number of carbonyl (C=O) groups excluding carboxylic acids is 1. The van der Waals surface area contributed by atoms with Gasteiger partial charge in [-0.1, -0.05) is 29.8 Å². The summed E-state index contributed by atoms with van der Waals surface area (Å²) in [6, 6.07) is 13.5. The largest absolute Gasteiger partial charge is 0.478 e. The van der Waals surface area contributed by atoms with Crippen molar-refractivity contribution in [1.29, 1.82) is 0 Å². The highest BCUT2D eigenvalue weighted by atomic mass is 35.5. The normalized spacial score (nSPS) is 10.6. The van der Waals surface area contributed by atoms with E-state index in [4.69, 9.17) is 16.0 Å². The van der Waals surface area contributed by atoms with Crippen LogP contribution in [0.1, 0.15) is 32.0 Å². The van der Waals surface area contributed by atoms with E-state index in [0.29, 0.717) is 22.0 Å². The zero-order chi connectivity index (χ0) is 18.8. The maximum absolute atomic E-state index is 12.4. The molecule has 1 heterocycles. The summed E-state index contributed by atoms with van der Waals surface area (Å²) in [5.41, 5.74) is 2.76. The second-order valence-electron chi connectivity index (χ2n) is 5.87. The molecule has 0 aliphatic carbocycles. The number of benzene rings is 2. The van der Waals surface area contributed by atoms with Crippen molar-refractivity contribution in [2.24, 2.45) is 0 Å². The molecule has 0 aliphatic rings. The van der Waals surface area contributed by atoms with Crippen molar-refractivity contribution < 1.29 is 19.1 Å². The highest BCUT2D eigenvalue weighted by Crippen LogP contribution is 2.27. The lowest BCUT2D eigenvalue weighted by Crippen LogP contribution is -2.13. The van der Waals surface area contributed by atoms with Crippen LogP contribution in [0.3, 0.4) is 0 Å². The predicted octanol–water partition coefficient (Wildman–Crippen LogP) is 5.17. The Bertz CT molecular complexity index is 1010. The van der Waals surface area contributed by atoms with Gasteiger partial charge in [0.05, 0.1) is 5.56 Å². The molecular formula is C20H16ClNO4. The first kappa shape index (κ1) is 17.8. The molecule has 0 fully saturated rings. The number of rotatable bonds is 4. The maximum Gasteiger partial charge on any atom is 0.336 e. The summed E-state index contributed by atoms with van der Waals surface area (Å²) in [6.07, 6.45) is 0. The van der Waals surface area contributed by atoms with Gasteiger partial charge in [0.2, 0.25) is 0 Å². The molecule has 1 aromatic heterocycles. The standard InChI is InChI=1S/C20H16ClNO4/c1-11-6-7-13(10-15(11)21)17-8-9-18(26-17)19(23)22-16-5-3-4-14(12(16)2)20(24)25/h3-10H,1-2H3,(H,22,23)(H,24,25). The molecule has 0 aliphatic heterocycles. The SMILES string of the molecule is Cc1ccc(-c2ccc(C(=O)Nc3cccc(C(=O)O)c3C)o2)cc1Cl. The van der Waals surface area contributed by atoms with Crippen molar-refractivity contribution in [3.05, 3.63) is 76.0 Å². The Morgan fingerprint density at radius 2 is 1.85 bits per heavy atom. The van der Waals surface area contributed by atoms with Crippen molar-refractivity contribution in [2.75, 3.05) is 5.32 Å². The van der Waals surface area contributed by atoms with E-state index >= 15 is 0 Å². The molecule has 6 heteroatoms. The highest BCUT2D eigenvalue weighted by molar-refractivity contribution is 6.31. The van der Waals surface area contributed by atoms with Gasteiger partial charge < -0.3 is 14.8 Å². The van der Waals surface area contributed by atoms with E-state index in [-0.39, 0.29) is 11.3 Å². The number of nitrogens with one attached hydrogen (secondary N) is 1. The summed E-state index contributed by atoms with van der Waals surface area (Å²) in [4.78, 5) is 23.6. The van der Waals surface area contributed by atoms with Crippen LogP contribution >= 0.6 is 11.6 Å². The average molecular weight is 370 g/mol. The first-order chi connectivity index (χ1) is 12.4. The van der Waals surface area contributed by atoms with Crippen LogP contribution in [0.25, 0.3) is 11.3 Å². The Hall–Kier alpha value is -3.05. The van der Waals surface area contributed by atoms with Gasteiger partial charge in [-0.25, -0.2) is 4.79 Å². The Morgan fingerprint density at radius 3 is 2.54 bits per heavy atom. The van der Waals surface area contributed by atoms with Gasteiger partial charge in [-0.05, 0) is 55.3 Å². The molecule has 2 aromatic carbocycles. The van der Waals surface area contributed by atoms with Gasteiger partial charge in [0, 0.05) is 16.3 Å². The van der Waals surface area contributed by atoms with Crippen LogP contribution in [0.5, 0.6) is 0 Å². The van der Waals surface area contributed by atoms with E-state index < -0.39 is 11.9 Å². The summed E-state index contributed by atoms with van der Waals surface area (Å²) in [7, 11) is 0. The van der Waals surface area contributed by atoms with Crippen LogP contribution in [0.4, 0.5) is 5.69 Å². The topological polar surface area (TPSA) is 79.5 Å². The van der Waals surface area contributed by atoms with Crippen molar-refractivity contribution in [3.63, 3.8) is 0 Å². The number of carbonyl (C=O) groups is 2. The van der Waals surface area contributed by atoms with Crippen molar-refractivity contribution in [3.8, 4) is 11.3 Å². The van der Waals surface area contributed by atoms with Gasteiger partial charge in [0.15, 0.2) is 5.76 Å². The first-order valence-corrected chi connectivity index (χ1v) is 8.25. The summed E-state index contributed by atoms with van der Waals surface area (Å²) in [5.74, 6) is -0.861. The van der Waals surface area contributed by atoms with Crippen molar-refractivity contribution in [1.82, 2.24) is 0 Å². The van der Waals surface area contributed by atoms with Crippen molar-refractivity contribution >= 4 is 29.2 Å². The summed E-state index contributed by atoms with van der Waals surface area (Å²) in [5, 5.41) is 12.5. The zero-order valence-electron chi connectivity index (χ0n) is 14.2. The lowest BCUT2D eigenvalue weighted by atomic mass is 10.1. The second kappa shape index (κ2) is 7.06. The van der Waals surface area contributed by atoms with Gasteiger partial charge in [-0.3, -0.25) is 4.79 Å². The molecule has 0 atom stereocenters. The molecule has 132 valence electrons. The van der Waals surface area contributed by atoms with Crippen molar-refractivity contribution in [2.45, 2.75) is 13.8 Å². The average Bonchev–Trinajstić information content (AvgIpc) is 3.09. The first-order valence-electron chi connectivity index (χ1n) is 7.87. The Balaban J connectivity index is 1.84. The van der Waals surface area contributed by atoms with E-state index in [0.717, 1.165) is 11.1 Å². The monoisotopic (exact) mass is 369 g/mol. The predicted molar refractivity (Wildman–Crippen MR) is 100.0 cm³/mol. The van der Waals surface area contributed by atoms with Crippen LogP contribution in [0, 0.1) is 13.8 Å². The Morgan fingerprint density at radius 1 is 1.08 bits per heavy atom. The number of carboxylic acids is 1. The minimum Gasteiger partial charge on any atom is -0.478 e. The van der Waals surface area contributed by atoms with Gasteiger partial charge in [-0.15, -0.1) is 0 Å². The number of halogens is 1. The lowest BCUT2D eigenvalue weighted by Gasteiger charge is -2.09.